The molecule has 0 aromatic carbocycles. The van der Waals surface area contributed by atoms with Gasteiger partial charge in [-0.2, -0.15) is 11.3 Å². The third-order valence-corrected chi connectivity index (χ3v) is 7.54. The molecule has 4 aliphatic rings. The molecule has 1 unspecified atom stereocenters. The van der Waals surface area contributed by atoms with Gasteiger partial charge in [0.2, 0.25) is 0 Å². The zero-order valence-electron chi connectivity index (χ0n) is 11.1. The van der Waals surface area contributed by atoms with E-state index in [1.807, 2.05) is 0 Å². The summed E-state index contributed by atoms with van der Waals surface area (Å²) in [6.45, 7) is 0. The number of hydrogen-bond donors (Lipinski definition) is 1. The Bertz CT molecular complexity index is 446. The first kappa shape index (κ1) is 12.8. The lowest BCUT2D eigenvalue weighted by atomic mass is 9.48. The molecule has 0 amide bonds. The van der Waals surface area contributed by atoms with E-state index >= 15 is 0 Å². The van der Waals surface area contributed by atoms with Gasteiger partial charge in [-0.1, -0.05) is 0 Å². The Morgan fingerprint density at radius 2 is 1.74 bits per heavy atom. The number of aliphatic hydroxyl groups is 1. The molecule has 3 heteroatoms. The van der Waals surface area contributed by atoms with Crippen molar-refractivity contribution < 1.29 is 5.11 Å². The van der Waals surface area contributed by atoms with Crippen molar-refractivity contribution in [1.29, 1.82) is 0 Å². The first-order valence-electron chi connectivity index (χ1n) is 7.53. The standard InChI is InChI=1S/C16H21BrOS/c17-14-9-19-8-13(14)15(18)7-16-4-10-1-11(5-16)3-12(2-10)6-16/h8-12,15,18H,1-7H2. The summed E-state index contributed by atoms with van der Waals surface area (Å²) in [5, 5.41) is 14.8. The first-order chi connectivity index (χ1) is 9.13. The highest BCUT2D eigenvalue weighted by Gasteiger charge is 2.51. The van der Waals surface area contributed by atoms with E-state index in [0.717, 1.165) is 34.2 Å². The van der Waals surface area contributed by atoms with Gasteiger partial charge in [-0.25, -0.2) is 0 Å². The Labute approximate surface area is 127 Å². The molecule has 1 aromatic heterocycles. The van der Waals surface area contributed by atoms with Crippen LogP contribution in [-0.2, 0) is 0 Å². The highest BCUT2D eigenvalue weighted by atomic mass is 79.9. The van der Waals surface area contributed by atoms with Gasteiger partial charge in [-0.05, 0) is 89.4 Å². The summed E-state index contributed by atoms with van der Waals surface area (Å²) in [6.07, 6.45) is 9.34. The van der Waals surface area contributed by atoms with E-state index in [9.17, 15) is 5.11 Å². The van der Waals surface area contributed by atoms with E-state index < -0.39 is 0 Å². The molecule has 0 aliphatic heterocycles. The third kappa shape index (κ3) is 2.22. The predicted octanol–water partition coefficient (Wildman–Crippen LogP) is 5.15. The second-order valence-electron chi connectivity index (χ2n) is 7.31. The van der Waals surface area contributed by atoms with Gasteiger partial charge in [0.05, 0.1) is 6.10 Å². The third-order valence-electron chi connectivity index (χ3n) is 5.79. The van der Waals surface area contributed by atoms with E-state index in [1.54, 1.807) is 11.3 Å². The van der Waals surface area contributed by atoms with Gasteiger partial charge in [-0.3, -0.25) is 0 Å². The van der Waals surface area contributed by atoms with Gasteiger partial charge in [0.15, 0.2) is 0 Å². The van der Waals surface area contributed by atoms with Crippen LogP contribution in [0.5, 0.6) is 0 Å². The number of rotatable bonds is 3. The average molecular weight is 341 g/mol. The lowest BCUT2D eigenvalue weighted by Crippen LogP contribution is -2.46. The van der Waals surface area contributed by atoms with Crippen LogP contribution in [0, 0.1) is 23.2 Å². The van der Waals surface area contributed by atoms with E-state index in [1.165, 1.54) is 38.5 Å². The second-order valence-corrected chi connectivity index (χ2v) is 8.91. The highest BCUT2D eigenvalue weighted by Crippen LogP contribution is 2.62. The lowest BCUT2D eigenvalue weighted by Gasteiger charge is -2.57. The molecular weight excluding hydrogens is 320 g/mol. The van der Waals surface area contributed by atoms with Crippen LogP contribution in [0.25, 0.3) is 0 Å². The van der Waals surface area contributed by atoms with Crippen molar-refractivity contribution in [1.82, 2.24) is 0 Å². The van der Waals surface area contributed by atoms with Crippen LogP contribution in [0.4, 0.5) is 0 Å². The van der Waals surface area contributed by atoms with E-state index in [-0.39, 0.29) is 6.10 Å². The Morgan fingerprint density at radius 1 is 1.16 bits per heavy atom. The molecule has 1 nitrogen and oxygen atoms in total. The molecule has 1 N–H and O–H groups in total. The molecule has 0 radical (unpaired) electrons. The number of halogens is 1. The van der Waals surface area contributed by atoms with Crippen molar-refractivity contribution in [3.05, 3.63) is 20.8 Å². The van der Waals surface area contributed by atoms with Gasteiger partial charge in [0, 0.05) is 15.4 Å². The normalized spacial score (nSPS) is 41.7. The van der Waals surface area contributed by atoms with Crippen molar-refractivity contribution in [3.8, 4) is 0 Å². The SMILES string of the molecule is OC(CC12CC3CC(CC(C3)C1)C2)c1cscc1Br. The maximum Gasteiger partial charge on any atom is 0.0814 e. The number of thiophene rings is 1. The second kappa shape index (κ2) is 4.57. The van der Waals surface area contributed by atoms with Gasteiger partial charge in [0.25, 0.3) is 0 Å². The van der Waals surface area contributed by atoms with Crippen LogP contribution in [0.3, 0.4) is 0 Å². The monoisotopic (exact) mass is 340 g/mol. The summed E-state index contributed by atoms with van der Waals surface area (Å²) in [6, 6.07) is 0. The summed E-state index contributed by atoms with van der Waals surface area (Å²) < 4.78 is 1.09. The predicted molar refractivity (Wildman–Crippen MR) is 82.2 cm³/mol. The van der Waals surface area contributed by atoms with Crippen molar-refractivity contribution in [2.24, 2.45) is 23.2 Å². The molecule has 1 heterocycles. The fraction of sp³-hybridized carbons (Fsp3) is 0.750. The van der Waals surface area contributed by atoms with Crippen LogP contribution < -0.4 is 0 Å². The van der Waals surface area contributed by atoms with Gasteiger partial charge in [0.1, 0.15) is 0 Å². The van der Waals surface area contributed by atoms with Crippen molar-refractivity contribution in [2.45, 2.75) is 51.0 Å². The summed E-state index contributed by atoms with van der Waals surface area (Å²) in [7, 11) is 0. The molecule has 5 rings (SSSR count). The largest absolute Gasteiger partial charge is 0.388 e. The summed E-state index contributed by atoms with van der Waals surface area (Å²) >= 11 is 5.25. The van der Waals surface area contributed by atoms with Crippen LogP contribution >= 0.6 is 27.3 Å². The van der Waals surface area contributed by atoms with E-state index in [4.69, 9.17) is 0 Å². The average Bonchev–Trinajstić information content (AvgIpc) is 2.72. The van der Waals surface area contributed by atoms with Crippen LogP contribution in [0.2, 0.25) is 0 Å². The minimum atomic E-state index is -0.267. The molecule has 4 bridgehead atoms. The van der Waals surface area contributed by atoms with Gasteiger partial charge >= 0.3 is 0 Å². The van der Waals surface area contributed by atoms with Crippen molar-refractivity contribution in [3.63, 3.8) is 0 Å². The van der Waals surface area contributed by atoms with E-state index in [2.05, 4.69) is 26.7 Å². The van der Waals surface area contributed by atoms with Crippen molar-refractivity contribution >= 4 is 27.3 Å². The fourth-order valence-corrected chi connectivity index (χ4v) is 7.20. The molecule has 1 atom stereocenters. The Hall–Kier alpha value is 0.140. The quantitative estimate of drug-likeness (QED) is 0.806. The molecule has 4 fully saturated rings. The topological polar surface area (TPSA) is 20.2 Å². The Morgan fingerprint density at radius 3 is 2.21 bits per heavy atom. The fourth-order valence-electron chi connectivity index (χ4n) is 5.59. The van der Waals surface area contributed by atoms with Crippen LogP contribution in [0.15, 0.2) is 15.2 Å². The lowest BCUT2D eigenvalue weighted by molar-refractivity contribution is -0.0764. The Kier molecular flexibility index (Phi) is 3.09. The summed E-state index contributed by atoms with van der Waals surface area (Å²) in [4.78, 5) is 0. The summed E-state index contributed by atoms with van der Waals surface area (Å²) in [5.74, 6) is 2.93. The number of aliphatic hydroxyl groups excluding tert-OH is 1. The maximum absolute atomic E-state index is 10.6. The first-order valence-corrected chi connectivity index (χ1v) is 9.27. The molecule has 4 aliphatic carbocycles. The molecular formula is C16H21BrOS. The highest BCUT2D eigenvalue weighted by molar-refractivity contribution is 9.10. The van der Waals surface area contributed by atoms with Crippen LogP contribution in [-0.4, -0.2) is 5.11 Å². The Balaban J connectivity index is 1.55. The minimum Gasteiger partial charge on any atom is -0.388 e. The molecule has 0 saturated heterocycles. The minimum absolute atomic E-state index is 0.267. The molecule has 0 spiro atoms. The maximum atomic E-state index is 10.6. The zero-order chi connectivity index (χ0) is 13.0. The summed E-state index contributed by atoms with van der Waals surface area (Å²) in [5.41, 5.74) is 1.58. The number of hydrogen-bond acceptors (Lipinski definition) is 2. The van der Waals surface area contributed by atoms with Gasteiger partial charge in [-0.15, -0.1) is 0 Å². The smallest absolute Gasteiger partial charge is 0.0814 e. The molecule has 104 valence electrons. The van der Waals surface area contributed by atoms with Gasteiger partial charge < -0.3 is 5.11 Å². The van der Waals surface area contributed by atoms with Crippen LogP contribution in [0.1, 0.15) is 56.6 Å². The molecule has 1 aromatic rings. The van der Waals surface area contributed by atoms with E-state index in [0.29, 0.717) is 5.41 Å². The molecule has 19 heavy (non-hydrogen) atoms. The van der Waals surface area contributed by atoms with Crippen molar-refractivity contribution in [2.75, 3.05) is 0 Å². The molecule has 4 saturated carbocycles. The zero-order valence-corrected chi connectivity index (χ0v) is 13.5.